The summed E-state index contributed by atoms with van der Waals surface area (Å²) in [5, 5.41) is 3.37. The number of carbonyl (C=O) groups is 1. The van der Waals surface area contributed by atoms with Crippen LogP contribution in [0, 0.1) is 23.7 Å². The van der Waals surface area contributed by atoms with Crippen LogP contribution in [0.5, 0.6) is 5.75 Å². The lowest BCUT2D eigenvalue weighted by Crippen LogP contribution is -2.57. The molecule has 1 aliphatic heterocycles. The SMILES string of the molecule is CC/C(=C\F)COc1ccc(C23CC4CC(C2)C(C(=O)NC2CCOCC2)C(C4)C3)cc1. The van der Waals surface area contributed by atoms with Gasteiger partial charge in [0.15, 0.2) is 0 Å². The first kappa shape index (κ1) is 21.9. The van der Waals surface area contributed by atoms with E-state index in [9.17, 15) is 9.18 Å². The molecule has 4 aliphatic carbocycles. The summed E-state index contributed by atoms with van der Waals surface area (Å²) in [6.07, 6.45) is 9.10. The first-order valence-corrected chi connectivity index (χ1v) is 12.5. The largest absolute Gasteiger partial charge is 0.489 e. The van der Waals surface area contributed by atoms with Gasteiger partial charge < -0.3 is 14.8 Å². The maximum absolute atomic E-state index is 13.3. The van der Waals surface area contributed by atoms with Gasteiger partial charge in [-0.2, -0.15) is 0 Å². The lowest BCUT2D eigenvalue weighted by molar-refractivity contribution is -0.141. The topological polar surface area (TPSA) is 47.6 Å². The second-order valence-corrected chi connectivity index (χ2v) is 10.6. The minimum atomic E-state index is 0.185. The van der Waals surface area contributed by atoms with Gasteiger partial charge in [-0.1, -0.05) is 19.1 Å². The lowest BCUT2D eigenvalue weighted by atomic mass is 9.44. The second kappa shape index (κ2) is 9.17. The molecule has 1 N–H and O–H groups in total. The number of carbonyl (C=O) groups excluding carboxylic acids is 1. The first-order chi connectivity index (χ1) is 15.6. The molecule has 0 aromatic heterocycles. The van der Waals surface area contributed by atoms with E-state index in [1.54, 1.807) is 0 Å². The van der Waals surface area contributed by atoms with E-state index in [1.807, 2.05) is 19.1 Å². The number of rotatable bonds is 7. The van der Waals surface area contributed by atoms with Crippen LogP contribution in [0.25, 0.3) is 0 Å². The molecule has 2 unspecified atom stereocenters. The van der Waals surface area contributed by atoms with Crippen molar-refractivity contribution >= 4 is 5.91 Å². The third-order valence-electron chi connectivity index (χ3n) is 8.64. The summed E-state index contributed by atoms with van der Waals surface area (Å²) in [5.74, 6) is 3.03. The number of hydrogen-bond donors (Lipinski definition) is 1. The van der Waals surface area contributed by atoms with Crippen molar-refractivity contribution in [2.24, 2.45) is 23.7 Å². The van der Waals surface area contributed by atoms with E-state index >= 15 is 0 Å². The van der Waals surface area contributed by atoms with Gasteiger partial charge >= 0.3 is 0 Å². The number of ether oxygens (including phenoxy) is 2. The predicted octanol–water partition coefficient (Wildman–Crippen LogP) is 5.32. The van der Waals surface area contributed by atoms with Gasteiger partial charge in [0.2, 0.25) is 5.91 Å². The van der Waals surface area contributed by atoms with Crippen molar-refractivity contribution in [1.82, 2.24) is 5.32 Å². The van der Waals surface area contributed by atoms with Crippen molar-refractivity contribution < 1.29 is 18.7 Å². The molecule has 2 atom stereocenters. The van der Waals surface area contributed by atoms with Gasteiger partial charge in [0.1, 0.15) is 12.4 Å². The maximum atomic E-state index is 13.3. The fourth-order valence-corrected chi connectivity index (χ4v) is 7.24. The van der Waals surface area contributed by atoms with Gasteiger partial charge in [-0.05, 0) is 97.8 Å². The Bertz CT molecular complexity index is 829. The molecule has 4 bridgehead atoms. The van der Waals surface area contributed by atoms with Crippen LogP contribution in [-0.2, 0) is 14.9 Å². The van der Waals surface area contributed by atoms with Crippen molar-refractivity contribution in [3.8, 4) is 5.75 Å². The molecule has 4 saturated carbocycles. The average molecular weight is 442 g/mol. The van der Waals surface area contributed by atoms with Crippen LogP contribution in [0.1, 0.15) is 63.9 Å². The summed E-state index contributed by atoms with van der Waals surface area (Å²) < 4.78 is 24.0. The molecule has 5 heteroatoms. The van der Waals surface area contributed by atoms with E-state index in [2.05, 4.69) is 17.4 Å². The molecule has 0 radical (unpaired) electrons. The fraction of sp³-hybridized carbons (Fsp3) is 0.667. The highest BCUT2D eigenvalue weighted by atomic mass is 19.1. The van der Waals surface area contributed by atoms with Crippen LogP contribution in [0.4, 0.5) is 4.39 Å². The van der Waals surface area contributed by atoms with E-state index in [1.165, 1.54) is 24.8 Å². The Labute approximate surface area is 190 Å². The van der Waals surface area contributed by atoms with Gasteiger partial charge in [0.25, 0.3) is 0 Å². The smallest absolute Gasteiger partial charge is 0.223 e. The molecule has 1 aromatic rings. The molecule has 174 valence electrons. The highest BCUT2D eigenvalue weighted by Gasteiger charge is 2.57. The zero-order valence-corrected chi connectivity index (χ0v) is 19.2. The molecule has 5 aliphatic rings. The summed E-state index contributed by atoms with van der Waals surface area (Å²) in [6, 6.07) is 8.79. The molecule has 32 heavy (non-hydrogen) atoms. The Balaban J connectivity index is 1.26. The molecule has 0 spiro atoms. The number of benzene rings is 1. The zero-order chi connectivity index (χ0) is 22.1. The third-order valence-corrected chi connectivity index (χ3v) is 8.64. The van der Waals surface area contributed by atoms with Crippen LogP contribution in [-0.4, -0.2) is 31.8 Å². The summed E-state index contributed by atoms with van der Waals surface area (Å²) >= 11 is 0. The fourth-order valence-electron chi connectivity index (χ4n) is 7.24. The molecule has 1 saturated heterocycles. The molecular weight excluding hydrogens is 405 g/mol. The minimum absolute atomic E-state index is 0.185. The van der Waals surface area contributed by atoms with Crippen LogP contribution in [0.2, 0.25) is 0 Å². The van der Waals surface area contributed by atoms with Crippen LogP contribution in [0.3, 0.4) is 0 Å². The van der Waals surface area contributed by atoms with Crippen molar-refractivity contribution in [1.29, 1.82) is 0 Å². The Morgan fingerprint density at radius 2 is 1.84 bits per heavy atom. The van der Waals surface area contributed by atoms with Crippen molar-refractivity contribution in [2.45, 2.75) is 69.7 Å². The van der Waals surface area contributed by atoms with E-state index in [0.29, 0.717) is 42.7 Å². The molecule has 1 aromatic carbocycles. The molecule has 4 nitrogen and oxygen atoms in total. The summed E-state index contributed by atoms with van der Waals surface area (Å²) in [7, 11) is 0. The van der Waals surface area contributed by atoms with Gasteiger partial charge in [0, 0.05) is 25.2 Å². The van der Waals surface area contributed by atoms with Crippen LogP contribution >= 0.6 is 0 Å². The van der Waals surface area contributed by atoms with Crippen molar-refractivity contribution in [2.75, 3.05) is 19.8 Å². The first-order valence-electron chi connectivity index (χ1n) is 12.5. The highest BCUT2D eigenvalue weighted by Crippen LogP contribution is 2.63. The molecule has 1 amide bonds. The van der Waals surface area contributed by atoms with Crippen molar-refractivity contribution in [3.63, 3.8) is 0 Å². The number of nitrogens with one attached hydrogen (secondary N) is 1. The minimum Gasteiger partial charge on any atom is -0.489 e. The van der Waals surface area contributed by atoms with Gasteiger partial charge in [-0.3, -0.25) is 4.79 Å². The Morgan fingerprint density at radius 3 is 2.47 bits per heavy atom. The predicted molar refractivity (Wildman–Crippen MR) is 122 cm³/mol. The highest BCUT2D eigenvalue weighted by molar-refractivity contribution is 5.80. The number of halogens is 1. The number of amides is 1. The van der Waals surface area contributed by atoms with Gasteiger partial charge in [-0.15, -0.1) is 0 Å². The van der Waals surface area contributed by atoms with E-state index in [4.69, 9.17) is 9.47 Å². The van der Waals surface area contributed by atoms with Gasteiger partial charge in [0.05, 0.1) is 6.33 Å². The third kappa shape index (κ3) is 4.21. The maximum Gasteiger partial charge on any atom is 0.223 e. The van der Waals surface area contributed by atoms with E-state index in [0.717, 1.165) is 50.6 Å². The Hall–Kier alpha value is -1.88. The normalized spacial score (nSPS) is 34.5. The van der Waals surface area contributed by atoms with Crippen LogP contribution in [0.15, 0.2) is 36.2 Å². The number of hydrogen-bond acceptors (Lipinski definition) is 3. The Morgan fingerprint density at radius 1 is 1.16 bits per heavy atom. The van der Waals surface area contributed by atoms with E-state index < -0.39 is 0 Å². The zero-order valence-electron chi connectivity index (χ0n) is 19.2. The van der Waals surface area contributed by atoms with Crippen LogP contribution < -0.4 is 10.1 Å². The summed E-state index contributed by atoms with van der Waals surface area (Å²) in [4.78, 5) is 13.3. The summed E-state index contributed by atoms with van der Waals surface area (Å²) in [6.45, 7) is 3.75. The second-order valence-electron chi connectivity index (χ2n) is 10.6. The molecular formula is C27H36FNO3. The van der Waals surface area contributed by atoms with E-state index in [-0.39, 0.29) is 17.4 Å². The lowest BCUT2D eigenvalue weighted by Gasteiger charge is -2.60. The van der Waals surface area contributed by atoms with Crippen molar-refractivity contribution in [3.05, 3.63) is 41.7 Å². The average Bonchev–Trinajstić information content (AvgIpc) is 2.80. The monoisotopic (exact) mass is 441 g/mol. The van der Waals surface area contributed by atoms with Gasteiger partial charge in [-0.25, -0.2) is 4.39 Å². The molecule has 5 fully saturated rings. The Kier molecular flexibility index (Phi) is 6.28. The quantitative estimate of drug-likeness (QED) is 0.623. The summed E-state index contributed by atoms with van der Waals surface area (Å²) in [5.41, 5.74) is 2.27. The molecule has 6 rings (SSSR count). The molecule has 1 heterocycles. The standard InChI is InChI=1S/C27H36FNO3/c1-2-18(16-28)17-32-24-5-3-22(4-6-24)27-13-19-11-20(14-27)25(21(12-19)15-27)26(30)29-23-7-9-31-10-8-23/h3-6,16,19-21,23,25H,2,7-15,17H2,1H3,(H,29,30)/b18-16+.